The molecule has 3 aromatic rings. The predicted molar refractivity (Wildman–Crippen MR) is 129 cm³/mol. The van der Waals surface area contributed by atoms with Crippen LogP contribution in [0, 0.1) is 5.82 Å². The van der Waals surface area contributed by atoms with Crippen molar-refractivity contribution in [2.75, 3.05) is 31.8 Å². The third-order valence-electron chi connectivity index (χ3n) is 5.36. The Balaban J connectivity index is 1.82. The number of carbonyl (C=O) groups excluding carboxylic acids is 2. The molecule has 3 N–H and O–H groups in total. The number of benzene rings is 3. The van der Waals surface area contributed by atoms with Crippen molar-refractivity contribution in [2.24, 2.45) is 0 Å². The summed E-state index contributed by atoms with van der Waals surface area (Å²) in [6.45, 7) is 0.815. The maximum absolute atomic E-state index is 14.8. The average molecular weight is 445 g/mol. The Morgan fingerprint density at radius 3 is 2.36 bits per heavy atom. The number of fused-ring (bicyclic) bond motifs is 1. The van der Waals surface area contributed by atoms with Crippen molar-refractivity contribution in [3.05, 3.63) is 94.8 Å². The van der Waals surface area contributed by atoms with Gasteiger partial charge < -0.3 is 20.9 Å². The molecule has 33 heavy (non-hydrogen) atoms. The zero-order valence-electron chi connectivity index (χ0n) is 18.7. The second kappa shape index (κ2) is 9.26. The molecule has 0 saturated carbocycles. The van der Waals surface area contributed by atoms with Gasteiger partial charge in [0.2, 0.25) is 0 Å². The van der Waals surface area contributed by atoms with Gasteiger partial charge in [0.15, 0.2) is 0 Å². The maximum Gasteiger partial charge on any atom is 0.258 e. The highest BCUT2D eigenvalue weighted by atomic mass is 19.1. The Kier molecular flexibility index (Phi) is 6.24. The van der Waals surface area contributed by atoms with Gasteiger partial charge in [0.1, 0.15) is 5.82 Å². The second-order valence-corrected chi connectivity index (χ2v) is 8.09. The first kappa shape index (κ1) is 22.2. The van der Waals surface area contributed by atoms with Crippen LogP contribution in [0.2, 0.25) is 0 Å². The van der Waals surface area contributed by atoms with Crippen LogP contribution in [0.15, 0.2) is 66.7 Å². The Labute approximate surface area is 192 Å². The molecule has 6 nitrogen and oxygen atoms in total. The van der Waals surface area contributed by atoms with Gasteiger partial charge in [0, 0.05) is 24.8 Å². The Bertz CT molecular complexity index is 1240. The summed E-state index contributed by atoms with van der Waals surface area (Å²) in [4.78, 5) is 27.1. The first-order valence-corrected chi connectivity index (χ1v) is 10.5. The summed E-state index contributed by atoms with van der Waals surface area (Å²) < 4.78 is 14.8. The maximum atomic E-state index is 14.8. The van der Waals surface area contributed by atoms with Gasteiger partial charge in [-0.3, -0.25) is 9.59 Å². The van der Waals surface area contributed by atoms with Gasteiger partial charge in [0.05, 0.1) is 22.5 Å². The van der Waals surface area contributed by atoms with Crippen LogP contribution in [0.1, 0.15) is 27.0 Å². The number of anilines is 2. The molecule has 0 aromatic heterocycles. The summed E-state index contributed by atoms with van der Waals surface area (Å²) in [6, 6.07) is 20.0. The van der Waals surface area contributed by atoms with Crippen molar-refractivity contribution in [1.29, 1.82) is 0 Å². The summed E-state index contributed by atoms with van der Waals surface area (Å²) in [5, 5.41) is 8.55. The van der Waals surface area contributed by atoms with Crippen molar-refractivity contribution < 1.29 is 14.0 Å². The number of hydrogen-bond donors (Lipinski definition) is 3. The first-order valence-electron chi connectivity index (χ1n) is 10.5. The minimum Gasteiger partial charge on any atom is -0.355 e. The number of rotatable bonds is 6. The van der Waals surface area contributed by atoms with Gasteiger partial charge in [-0.25, -0.2) is 4.39 Å². The van der Waals surface area contributed by atoms with Crippen molar-refractivity contribution in [3.8, 4) is 0 Å². The van der Waals surface area contributed by atoms with Gasteiger partial charge in [0.25, 0.3) is 11.8 Å². The van der Waals surface area contributed by atoms with Crippen LogP contribution in [0.4, 0.5) is 15.8 Å². The molecular formula is C26H25FN4O2. The molecule has 0 spiro atoms. The molecule has 168 valence electrons. The van der Waals surface area contributed by atoms with Crippen LogP contribution in [-0.4, -0.2) is 37.9 Å². The second-order valence-electron chi connectivity index (χ2n) is 8.09. The van der Waals surface area contributed by atoms with Gasteiger partial charge in [-0.2, -0.15) is 0 Å². The Morgan fingerprint density at radius 1 is 1.03 bits per heavy atom. The number of nitrogens with one attached hydrogen (secondary N) is 3. The van der Waals surface area contributed by atoms with Gasteiger partial charge in [-0.1, -0.05) is 42.5 Å². The van der Waals surface area contributed by atoms with Crippen LogP contribution in [0.25, 0.3) is 11.3 Å². The average Bonchev–Trinajstić information content (AvgIpc) is 3.12. The van der Waals surface area contributed by atoms with E-state index in [0.29, 0.717) is 22.5 Å². The van der Waals surface area contributed by atoms with Crippen molar-refractivity contribution in [1.82, 2.24) is 10.2 Å². The van der Waals surface area contributed by atoms with Crippen LogP contribution in [0.3, 0.4) is 0 Å². The zero-order valence-corrected chi connectivity index (χ0v) is 18.7. The van der Waals surface area contributed by atoms with E-state index < -0.39 is 11.7 Å². The summed E-state index contributed by atoms with van der Waals surface area (Å²) in [5.74, 6) is -1.61. The highest BCUT2D eigenvalue weighted by molar-refractivity contribution is 6.37. The molecule has 0 unspecified atom stereocenters. The standard InChI is InChI=1S/C26H25FN4O2/c1-28-25(32)19-14-22-20(13-21(19)27)23(26(33)30-22)24(17-7-5-4-6-8-17)29-18-11-9-16(10-12-18)15-31(2)3/h4-14,29H,15H2,1-3H3,(H,28,32)(H,30,33)/b24-23-. The molecule has 4 rings (SSSR count). The molecule has 1 aliphatic heterocycles. The summed E-state index contributed by atoms with van der Waals surface area (Å²) in [5.41, 5.74) is 4.29. The van der Waals surface area contributed by atoms with E-state index in [1.165, 1.54) is 19.2 Å². The van der Waals surface area contributed by atoms with Crippen LogP contribution in [0.5, 0.6) is 0 Å². The van der Waals surface area contributed by atoms with Crippen LogP contribution >= 0.6 is 0 Å². The van der Waals surface area contributed by atoms with E-state index in [1.54, 1.807) is 0 Å². The normalized spacial score (nSPS) is 14.0. The van der Waals surface area contributed by atoms with Gasteiger partial charge in [-0.15, -0.1) is 0 Å². The van der Waals surface area contributed by atoms with Crippen molar-refractivity contribution >= 4 is 34.5 Å². The zero-order chi connectivity index (χ0) is 23.5. The lowest BCUT2D eigenvalue weighted by molar-refractivity contribution is -0.110. The lowest BCUT2D eigenvalue weighted by Crippen LogP contribution is -2.19. The Hall–Kier alpha value is -3.97. The quantitative estimate of drug-likeness (QED) is 0.499. The number of halogens is 1. The highest BCUT2D eigenvalue weighted by Crippen LogP contribution is 2.39. The molecular weight excluding hydrogens is 419 g/mol. The van der Waals surface area contributed by atoms with Crippen LogP contribution < -0.4 is 16.0 Å². The number of amides is 2. The SMILES string of the molecule is CNC(=O)c1cc2c(cc1F)/C(=C(/Nc1ccc(CN(C)C)cc1)c1ccccc1)C(=O)N2. The van der Waals surface area contributed by atoms with E-state index in [9.17, 15) is 14.0 Å². The molecule has 2 amide bonds. The van der Waals surface area contributed by atoms with E-state index in [-0.39, 0.29) is 11.5 Å². The van der Waals surface area contributed by atoms with E-state index in [0.717, 1.165) is 23.4 Å². The fourth-order valence-electron chi connectivity index (χ4n) is 3.83. The molecule has 0 atom stereocenters. The largest absolute Gasteiger partial charge is 0.355 e. The summed E-state index contributed by atoms with van der Waals surface area (Å²) in [6.07, 6.45) is 0. The van der Waals surface area contributed by atoms with E-state index in [4.69, 9.17) is 0 Å². The molecule has 1 heterocycles. The fraction of sp³-hybridized carbons (Fsp3) is 0.154. The molecule has 3 aromatic carbocycles. The molecule has 0 aliphatic carbocycles. The minimum absolute atomic E-state index is 0.122. The van der Waals surface area contributed by atoms with E-state index in [2.05, 4.69) is 20.9 Å². The molecule has 0 bridgehead atoms. The van der Waals surface area contributed by atoms with Gasteiger partial charge >= 0.3 is 0 Å². The molecule has 0 radical (unpaired) electrons. The lowest BCUT2D eigenvalue weighted by atomic mass is 9.98. The van der Waals surface area contributed by atoms with Crippen LogP contribution in [-0.2, 0) is 11.3 Å². The summed E-state index contributed by atoms with van der Waals surface area (Å²) >= 11 is 0. The minimum atomic E-state index is -0.692. The van der Waals surface area contributed by atoms with Crippen molar-refractivity contribution in [2.45, 2.75) is 6.54 Å². The topological polar surface area (TPSA) is 73.5 Å². The smallest absolute Gasteiger partial charge is 0.258 e. The Morgan fingerprint density at radius 2 is 1.73 bits per heavy atom. The van der Waals surface area contributed by atoms with Crippen molar-refractivity contribution in [3.63, 3.8) is 0 Å². The lowest BCUT2D eigenvalue weighted by Gasteiger charge is -2.16. The fourth-order valence-corrected chi connectivity index (χ4v) is 3.83. The van der Waals surface area contributed by atoms with E-state index >= 15 is 0 Å². The number of carbonyl (C=O) groups is 2. The monoisotopic (exact) mass is 444 g/mol. The number of nitrogens with zero attached hydrogens (tertiary/aromatic N) is 1. The van der Waals surface area contributed by atoms with E-state index in [1.807, 2.05) is 68.7 Å². The highest BCUT2D eigenvalue weighted by Gasteiger charge is 2.31. The third-order valence-corrected chi connectivity index (χ3v) is 5.36. The van der Waals surface area contributed by atoms with Gasteiger partial charge in [-0.05, 0) is 49.5 Å². The molecule has 7 heteroatoms. The first-order chi connectivity index (χ1) is 15.9. The number of hydrogen-bond acceptors (Lipinski definition) is 4. The predicted octanol–water partition coefficient (Wildman–Crippen LogP) is 4.18. The third kappa shape index (κ3) is 4.63. The molecule has 1 aliphatic rings. The summed E-state index contributed by atoms with van der Waals surface area (Å²) in [7, 11) is 5.45. The molecule has 0 saturated heterocycles. The molecule has 0 fully saturated rings.